The van der Waals surface area contributed by atoms with E-state index in [-0.39, 0.29) is 12.1 Å². The van der Waals surface area contributed by atoms with E-state index in [1.807, 2.05) is 42.5 Å². The third kappa shape index (κ3) is 4.56. The molecule has 4 rings (SSSR count). The molecule has 0 spiro atoms. The van der Waals surface area contributed by atoms with Crippen LogP contribution >= 0.6 is 18.0 Å². The molecule has 2 aromatic carbocycles. The molecule has 0 aromatic heterocycles. The van der Waals surface area contributed by atoms with Crippen molar-refractivity contribution in [2.75, 3.05) is 7.11 Å². The standard InChI is InChI=1S/C21H20BO5.HI.Po/c1-25-21(23)19-7-3-5-14-4-2-6-16(8-10-18(14)19)27-17-9-11-20-15(12-17)13-26-22(20)24;;/h3-5,7-12,16,24H,2,6,13H2,1H3;1H;/q;;+1/p-1. The van der Waals surface area contributed by atoms with Gasteiger partial charge in [0.1, 0.15) is 0 Å². The number of carbonyl (C=O) groups excluding carboxylic acids is 1. The molecule has 2 aliphatic rings. The number of halogens is 1. The zero-order valence-corrected chi connectivity index (χ0v) is 21.2. The summed E-state index contributed by atoms with van der Waals surface area (Å²) >= 11 is 1.96. The van der Waals surface area contributed by atoms with Crippen LogP contribution in [0, 0.1) is 0 Å². The average molecular weight is 699 g/mol. The Hall–Kier alpha value is -0.939. The van der Waals surface area contributed by atoms with E-state index in [1.165, 1.54) is 12.7 Å². The number of esters is 1. The van der Waals surface area contributed by atoms with Gasteiger partial charge < -0.3 is 0 Å². The number of rotatable bonds is 4. The molecule has 1 heterocycles. The van der Waals surface area contributed by atoms with E-state index in [2.05, 4.69) is 24.0 Å². The van der Waals surface area contributed by atoms with Crippen LogP contribution in [-0.2, 0) is 16.0 Å². The zero-order valence-electron chi connectivity index (χ0n) is 15.8. The van der Waals surface area contributed by atoms with E-state index in [1.54, 1.807) is 0 Å². The van der Waals surface area contributed by atoms with Gasteiger partial charge in [0.05, 0.1) is 0 Å². The minimum absolute atomic E-state index is 0.0802. The number of methoxy groups -OCH3 is 1. The predicted molar refractivity (Wildman–Crippen MR) is 122 cm³/mol. The molecule has 2 atom stereocenters. The molecule has 0 bridgehead atoms. The summed E-state index contributed by atoms with van der Waals surface area (Å²) in [5.41, 5.74) is 4.59. The van der Waals surface area contributed by atoms with E-state index in [0.717, 1.165) is 35.2 Å². The van der Waals surface area contributed by atoms with Gasteiger partial charge in [-0.3, -0.25) is 0 Å². The van der Waals surface area contributed by atoms with Gasteiger partial charge in [-0.25, -0.2) is 0 Å². The first-order chi connectivity index (χ1) is 14.1. The molecule has 1 aliphatic heterocycles. The second kappa shape index (κ2) is 9.47. The molecule has 0 radical (unpaired) electrons. The first-order valence-electron chi connectivity index (χ1n) is 9.36. The fourth-order valence-electron chi connectivity index (χ4n) is 3.75. The molecule has 1 N–H and O–H groups in total. The fourth-order valence-corrected chi connectivity index (χ4v) is 10.4. The Labute approximate surface area is 191 Å². The monoisotopic (exact) mass is 699 g/mol. The van der Waals surface area contributed by atoms with Crippen LogP contribution in [0.3, 0.4) is 0 Å². The quantitative estimate of drug-likeness (QED) is 0.303. The van der Waals surface area contributed by atoms with Crippen LogP contribution in [0.15, 0.2) is 42.5 Å². The molecule has 2 aromatic rings. The van der Waals surface area contributed by atoms with Crippen molar-refractivity contribution in [2.45, 2.75) is 29.1 Å². The average Bonchev–Trinajstić information content (AvgIpc) is 3.10. The van der Waals surface area contributed by atoms with Gasteiger partial charge in [-0.1, -0.05) is 0 Å². The van der Waals surface area contributed by atoms with E-state index in [4.69, 9.17) is 14.1 Å². The molecule has 0 saturated carbocycles. The Bertz CT molecular complexity index is 951. The van der Waals surface area contributed by atoms with Crippen molar-refractivity contribution in [2.24, 2.45) is 0 Å². The third-order valence-corrected chi connectivity index (χ3v) is 13.4. The first kappa shape index (κ1) is 21.3. The molecule has 0 fully saturated rings. The number of carbonyl (C=O) groups is 1. The topological polar surface area (TPSA) is 65.0 Å². The molecule has 0 amide bonds. The normalized spacial score (nSPS) is 20.4. The van der Waals surface area contributed by atoms with E-state index in [9.17, 15) is 9.82 Å². The molecule has 29 heavy (non-hydrogen) atoms. The van der Waals surface area contributed by atoms with Crippen molar-refractivity contribution < 1.29 is 23.9 Å². The summed E-state index contributed by atoms with van der Waals surface area (Å²) in [6, 6.07) is 11.6. The van der Waals surface area contributed by atoms with Crippen molar-refractivity contribution >= 4 is 61.9 Å². The number of hydrogen-bond acceptors (Lipinski definition) is 5. The number of ether oxygens (including phenoxy) is 2. The summed E-state index contributed by atoms with van der Waals surface area (Å²) in [4.78, 5) is 12.3. The van der Waals surface area contributed by atoms with Gasteiger partial charge in [0.25, 0.3) is 0 Å². The van der Waals surface area contributed by atoms with Gasteiger partial charge in [-0.05, 0) is 0 Å². The summed E-state index contributed by atoms with van der Waals surface area (Å²) < 4.78 is 17.0. The summed E-state index contributed by atoms with van der Waals surface area (Å²) in [6.07, 6.45) is 5.93. The SMILES string of the molecule is COC(=O)c1cccc2c1C=CC(Oc1ccc3c(c1)COB3O)CC[CH]2[Po][I]. The second-order valence-corrected chi connectivity index (χ2v) is 14.4. The molecule has 1 aliphatic carbocycles. The number of fused-ring (bicyclic) bond motifs is 2. The van der Waals surface area contributed by atoms with Crippen molar-refractivity contribution in [1.29, 1.82) is 0 Å². The Morgan fingerprint density at radius 2 is 2.17 bits per heavy atom. The van der Waals surface area contributed by atoms with Crippen LogP contribution in [0.25, 0.3) is 6.08 Å². The van der Waals surface area contributed by atoms with Crippen LogP contribution in [0.2, 0.25) is 0 Å². The van der Waals surface area contributed by atoms with Crippen molar-refractivity contribution in [3.05, 3.63) is 64.7 Å². The van der Waals surface area contributed by atoms with Gasteiger partial charge in [0, 0.05) is 0 Å². The van der Waals surface area contributed by atoms with E-state index < -0.39 is 26.5 Å². The van der Waals surface area contributed by atoms with Crippen LogP contribution in [0.4, 0.5) is 0 Å². The molecular weight excluding hydrogens is 679 g/mol. The van der Waals surface area contributed by atoms with Gasteiger partial charge in [-0.2, -0.15) is 0 Å². The second-order valence-electron chi connectivity index (χ2n) is 6.99. The molecule has 2 unspecified atom stereocenters. The van der Waals surface area contributed by atoms with Crippen LogP contribution in [0.1, 0.15) is 43.5 Å². The molecule has 5 nitrogen and oxygen atoms in total. The first-order valence-corrected chi connectivity index (χ1v) is 20.1. The van der Waals surface area contributed by atoms with Crippen molar-refractivity contribution in [3.8, 4) is 5.75 Å². The maximum absolute atomic E-state index is 12.3. The van der Waals surface area contributed by atoms with Crippen LogP contribution < -0.4 is 10.2 Å². The molecule has 150 valence electrons. The summed E-state index contributed by atoms with van der Waals surface area (Å²) in [5, 5.41) is 9.79. The molecule has 0 saturated heterocycles. The molecular formula is C21H20BIO5Po. The minimum atomic E-state index is -0.844. The summed E-state index contributed by atoms with van der Waals surface area (Å²) in [6.45, 7) is 0.397. The molecule has 8 heteroatoms. The third-order valence-electron chi connectivity index (χ3n) is 5.26. The van der Waals surface area contributed by atoms with E-state index >= 15 is 0 Å². The Morgan fingerprint density at radius 3 is 2.97 bits per heavy atom. The Kier molecular flexibility index (Phi) is 6.95. The van der Waals surface area contributed by atoms with Gasteiger partial charge in [0.15, 0.2) is 0 Å². The van der Waals surface area contributed by atoms with E-state index in [0.29, 0.717) is 15.7 Å². The van der Waals surface area contributed by atoms with Crippen molar-refractivity contribution in [3.63, 3.8) is 0 Å². The summed E-state index contributed by atoms with van der Waals surface area (Å²) in [5.74, 6) is 0.461. The number of benzene rings is 2. The van der Waals surface area contributed by atoms with Crippen LogP contribution in [0.5, 0.6) is 5.75 Å². The zero-order chi connectivity index (χ0) is 20.4. The number of hydrogen-bond donors (Lipinski definition) is 1. The van der Waals surface area contributed by atoms with Gasteiger partial charge in [-0.15, -0.1) is 0 Å². The maximum atomic E-state index is 12.3. The fraction of sp³-hybridized carbons (Fsp3) is 0.286. The van der Waals surface area contributed by atoms with Gasteiger partial charge >= 0.3 is 193 Å². The summed E-state index contributed by atoms with van der Waals surface area (Å²) in [7, 11) is 0.574. The Morgan fingerprint density at radius 1 is 1.31 bits per heavy atom. The van der Waals surface area contributed by atoms with Crippen molar-refractivity contribution in [1.82, 2.24) is 0 Å². The predicted octanol–water partition coefficient (Wildman–Crippen LogP) is 3.04. The van der Waals surface area contributed by atoms with Gasteiger partial charge in [0.2, 0.25) is 0 Å². The Balaban J connectivity index is 1.62. The van der Waals surface area contributed by atoms with Crippen LogP contribution in [-0.4, -0.2) is 50.7 Å².